The number of benzene rings is 1. The topological polar surface area (TPSA) is 0 Å². The van der Waals surface area contributed by atoms with Gasteiger partial charge in [0.15, 0.2) is 23.3 Å². The van der Waals surface area contributed by atoms with Gasteiger partial charge in [-0.3, -0.25) is 0 Å². The van der Waals surface area contributed by atoms with Gasteiger partial charge in [-0.25, -0.2) is 22.0 Å². The summed E-state index contributed by atoms with van der Waals surface area (Å²) in [4.78, 5) is 0. The van der Waals surface area contributed by atoms with Crippen molar-refractivity contribution in [2.75, 3.05) is 0 Å². The summed E-state index contributed by atoms with van der Waals surface area (Å²) in [6.45, 7) is 0. The molecular formula is C10F14. The third-order valence-electron chi connectivity index (χ3n) is 2.67. The maximum absolute atomic E-state index is 13.5. The van der Waals surface area contributed by atoms with E-state index in [4.69, 9.17) is 0 Å². The first-order valence-electron chi connectivity index (χ1n) is 5.15. The van der Waals surface area contributed by atoms with Crippen LogP contribution in [0.5, 0.6) is 0 Å². The van der Waals surface area contributed by atoms with Crippen LogP contribution in [0.3, 0.4) is 0 Å². The molecular weight excluding hydrogens is 386 g/mol. The molecule has 0 saturated heterocycles. The first-order valence-corrected chi connectivity index (χ1v) is 5.15. The van der Waals surface area contributed by atoms with Crippen LogP contribution in [0.1, 0.15) is 11.1 Å². The van der Waals surface area contributed by atoms with Gasteiger partial charge in [-0.15, -0.1) is 0 Å². The van der Waals surface area contributed by atoms with Gasteiger partial charge in [-0.1, -0.05) is 0 Å². The van der Waals surface area contributed by atoms with E-state index in [0.717, 1.165) is 0 Å². The molecule has 24 heavy (non-hydrogen) atoms. The van der Waals surface area contributed by atoms with Gasteiger partial charge >= 0.3 is 24.2 Å². The molecule has 14 heteroatoms. The van der Waals surface area contributed by atoms with Crippen LogP contribution in [0, 0.1) is 23.3 Å². The van der Waals surface area contributed by atoms with Crippen molar-refractivity contribution >= 4 is 0 Å². The number of rotatable bonds is 1. The lowest BCUT2D eigenvalue weighted by Crippen LogP contribution is -2.52. The quantitative estimate of drug-likeness (QED) is 0.439. The summed E-state index contributed by atoms with van der Waals surface area (Å²) in [5, 5.41) is 0. The molecule has 0 unspecified atom stereocenters. The maximum atomic E-state index is 13.5. The standard InChI is InChI=1S/C10F14/c11-3-1(7(15,9(19,20)21)10(22,23)24)4(12)6(14)2(5(3)13)8(16,17)18. The van der Waals surface area contributed by atoms with E-state index in [0.29, 0.717) is 0 Å². The molecule has 0 aliphatic rings. The Morgan fingerprint density at radius 1 is 0.417 bits per heavy atom. The van der Waals surface area contributed by atoms with Crippen LogP contribution < -0.4 is 0 Å². The molecule has 0 fully saturated rings. The van der Waals surface area contributed by atoms with Crippen molar-refractivity contribution in [3.63, 3.8) is 0 Å². The lowest BCUT2D eigenvalue weighted by Gasteiger charge is -2.31. The minimum absolute atomic E-state index is 3.45. The second-order valence-electron chi connectivity index (χ2n) is 4.16. The summed E-state index contributed by atoms with van der Waals surface area (Å²) in [5.74, 6) is -15.0. The number of halogens is 14. The third-order valence-corrected chi connectivity index (χ3v) is 2.67. The molecule has 0 spiro atoms. The van der Waals surface area contributed by atoms with E-state index in [1.54, 1.807) is 0 Å². The number of hydrogen-bond donors (Lipinski definition) is 0. The van der Waals surface area contributed by atoms with E-state index in [1.165, 1.54) is 0 Å². The van der Waals surface area contributed by atoms with E-state index >= 15 is 0 Å². The van der Waals surface area contributed by atoms with Crippen LogP contribution in [0.15, 0.2) is 0 Å². The second kappa shape index (κ2) is 5.37. The predicted octanol–water partition coefficient (Wildman–Crippen LogP) is 5.55. The SMILES string of the molecule is Fc1c(F)c(C(F)(C(F)(F)F)C(F)(F)F)c(F)c(F)c1C(F)(F)F. The fourth-order valence-corrected chi connectivity index (χ4v) is 1.63. The molecule has 0 heterocycles. The van der Waals surface area contributed by atoms with Gasteiger partial charge in [-0.2, -0.15) is 39.5 Å². The summed E-state index contributed by atoms with van der Waals surface area (Å²) >= 11 is 0. The zero-order valence-corrected chi connectivity index (χ0v) is 10.3. The zero-order valence-electron chi connectivity index (χ0n) is 10.3. The molecule has 0 saturated carbocycles. The van der Waals surface area contributed by atoms with Gasteiger partial charge in [0, 0.05) is 0 Å². The van der Waals surface area contributed by atoms with Crippen LogP contribution in [0.25, 0.3) is 0 Å². The predicted molar refractivity (Wildman–Crippen MR) is 46.2 cm³/mol. The van der Waals surface area contributed by atoms with Gasteiger partial charge in [0.2, 0.25) is 0 Å². The Balaban J connectivity index is 4.05. The highest BCUT2D eigenvalue weighted by Gasteiger charge is 2.76. The van der Waals surface area contributed by atoms with Gasteiger partial charge in [-0.05, 0) is 0 Å². The van der Waals surface area contributed by atoms with Crippen molar-refractivity contribution in [3.05, 3.63) is 34.4 Å². The minimum atomic E-state index is -7.20. The normalized spacial score (nSPS) is 14.2. The van der Waals surface area contributed by atoms with Crippen LogP contribution in [-0.4, -0.2) is 12.4 Å². The van der Waals surface area contributed by atoms with Crippen molar-refractivity contribution in [1.29, 1.82) is 0 Å². The molecule has 0 amide bonds. The van der Waals surface area contributed by atoms with Crippen molar-refractivity contribution in [3.8, 4) is 0 Å². The monoisotopic (exact) mass is 386 g/mol. The van der Waals surface area contributed by atoms with E-state index in [-0.39, 0.29) is 0 Å². The molecule has 138 valence electrons. The first kappa shape index (κ1) is 20.3. The molecule has 0 nitrogen and oxygen atoms in total. The summed E-state index contributed by atoms with van der Waals surface area (Å²) < 4.78 is 177. The van der Waals surface area contributed by atoms with Crippen molar-refractivity contribution in [2.45, 2.75) is 24.2 Å². The molecule has 1 aromatic carbocycles. The van der Waals surface area contributed by atoms with Crippen LogP contribution in [0.2, 0.25) is 0 Å². The fraction of sp³-hybridized carbons (Fsp3) is 0.400. The highest BCUT2D eigenvalue weighted by Crippen LogP contribution is 2.55. The summed E-state index contributed by atoms with van der Waals surface area (Å²) in [7, 11) is 0. The van der Waals surface area contributed by atoms with E-state index < -0.39 is 58.6 Å². The Morgan fingerprint density at radius 3 is 0.875 bits per heavy atom. The van der Waals surface area contributed by atoms with Crippen molar-refractivity contribution < 1.29 is 61.5 Å². The van der Waals surface area contributed by atoms with Crippen molar-refractivity contribution in [1.82, 2.24) is 0 Å². The van der Waals surface area contributed by atoms with E-state index in [9.17, 15) is 61.5 Å². The number of alkyl halides is 10. The molecule has 0 bridgehead atoms. The molecule has 0 N–H and O–H groups in total. The fourth-order valence-electron chi connectivity index (χ4n) is 1.63. The van der Waals surface area contributed by atoms with E-state index in [2.05, 4.69) is 0 Å². The Kier molecular flexibility index (Phi) is 4.54. The van der Waals surface area contributed by atoms with Crippen LogP contribution in [-0.2, 0) is 11.8 Å². The highest BCUT2D eigenvalue weighted by molar-refractivity contribution is 5.37. The maximum Gasteiger partial charge on any atom is 0.436 e. The van der Waals surface area contributed by atoms with Crippen molar-refractivity contribution in [2.24, 2.45) is 0 Å². The zero-order chi connectivity index (χ0) is 19.5. The summed E-state index contributed by atoms with van der Waals surface area (Å²) in [6, 6.07) is 0. The van der Waals surface area contributed by atoms with Gasteiger partial charge in [0.05, 0.1) is 5.56 Å². The molecule has 0 aromatic heterocycles. The second-order valence-corrected chi connectivity index (χ2v) is 4.16. The Morgan fingerprint density at radius 2 is 0.667 bits per heavy atom. The minimum Gasteiger partial charge on any atom is -0.218 e. The third kappa shape index (κ3) is 2.75. The smallest absolute Gasteiger partial charge is 0.218 e. The van der Waals surface area contributed by atoms with Crippen LogP contribution in [0.4, 0.5) is 61.5 Å². The molecule has 0 radical (unpaired) electrons. The Labute approximate surface area is 121 Å². The van der Waals surface area contributed by atoms with Gasteiger partial charge in [0.25, 0.3) is 0 Å². The molecule has 0 aliphatic heterocycles. The molecule has 1 rings (SSSR count). The van der Waals surface area contributed by atoms with Crippen LogP contribution >= 0.6 is 0 Å². The Bertz CT molecular complexity index is 602. The lowest BCUT2D eigenvalue weighted by molar-refractivity contribution is -0.350. The van der Waals surface area contributed by atoms with Gasteiger partial charge < -0.3 is 0 Å². The molecule has 1 aromatic rings. The first-order chi connectivity index (χ1) is 10.4. The molecule has 0 aliphatic carbocycles. The average molecular weight is 386 g/mol. The molecule has 0 atom stereocenters. The number of hydrogen-bond acceptors (Lipinski definition) is 0. The summed E-state index contributed by atoms with van der Waals surface area (Å²) in [6.07, 6.45) is -20.6. The highest BCUT2D eigenvalue weighted by atomic mass is 19.4. The summed E-state index contributed by atoms with van der Waals surface area (Å²) in [5.41, 5.74) is -14.4. The average Bonchev–Trinajstić information content (AvgIpc) is 2.32. The van der Waals surface area contributed by atoms with E-state index in [1.807, 2.05) is 0 Å². The largest absolute Gasteiger partial charge is 0.436 e. The lowest BCUT2D eigenvalue weighted by atomic mass is 9.91. The van der Waals surface area contributed by atoms with Gasteiger partial charge in [0.1, 0.15) is 5.56 Å². The Hall–Kier alpha value is -1.76.